The van der Waals surface area contributed by atoms with Crippen molar-refractivity contribution in [2.75, 3.05) is 7.11 Å². The number of rotatable bonds is 7. The Balaban J connectivity index is 1.68. The van der Waals surface area contributed by atoms with E-state index in [1.165, 1.54) is 31.4 Å². The molecule has 0 saturated carbocycles. The van der Waals surface area contributed by atoms with Crippen molar-refractivity contribution in [1.29, 1.82) is 0 Å². The summed E-state index contributed by atoms with van der Waals surface area (Å²) in [7, 11) is 1.25. The Hall–Kier alpha value is -2.98. The standard InChI is InChI=1S/C20H18F2N2O5S/c1-28-19(26)13(23)8-10-2-5-12(6-3-10)29-14-7-4-11(16(21)17(14)22)9-15-18(25)24-20(27)30-15/h2-7,13,15H,8-9,23H2,1H3,(H,24,25,27). The fourth-order valence-corrected chi connectivity index (χ4v) is 3.69. The number of hydrogen-bond donors (Lipinski definition) is 2. The minimum atomic E-state index is -1.20. The zero-order valence-electron chi connectivity index (χ0n) is 15.8. The van der Waals surface area contributed by atoms with Crippen LogP contribution in [0, 0.1) is 11.6 Å². The maximum atomic E-state index is 14.4. The first-order chi connectivity index (χ1) is 14.3. The van der Waals surface area contributed by atoms with Crippen molar-refractivity contribution in [3.8, 4) is 11.5 Å². The number of ether oxygens (including phenoxy) is 2. The molecule has 0 spiro atoms. The van der Waals surface area contributed by atoms with Gasteiger partial charge in [0.15, 0.2) is 11.6 Å². The van der Waals surface area contributed by atoms with Crippen molar-refractivity contribution in [2.45, 2.75) is 24.1 Å². The van der Waals surface area contributed by atoms with E-state index >= 15 is 0 Å². The van der Waals surface area contributed by atoms with Crippen LogP contribution in [0.5, 0.6) is 11.5 Å². The minimum Gasteiger partial charge on any atom is -0.468 e. The average Bonchev–Trinajstić information content (AvgIpc) is 3.05. The molecule has 0 bridgehead atoms. The maximum absolute atomic E-state index is 14.4. The molecule has 2 amide bonds. The molecule has 3 rings (SSSR count). The lowest BCUT2D eigenvalue weighted by Crippen LogP contribution is -2.33. The smallest absolute Gasteiger partial charge is 0.322 e. The van der Waals surface area contributed by atoms with E-state index in [1.54, 1.807) is 12.1 Å². The number of benzene rings is 2. The van der Waals surface area contributed by atoms with Crippen molar-refractivity contribution in [2.24, 2.45) is 5.73 Å². The number of hydrogen-bond acceptors (Lipinski definition) is 7. The number of halogens is 2. The Morgan fingerprint density at radius 2 is 1.87 bits per heavy atom. The zero-order chi connectivity index (χ0) is 21.8. The second kappa shape index (κ2) is 9.23. The lowest BCUT2D eigenvalue weighted by Gasteiger charge is -2.12. The van der Waals surface area contributed by atoms with Crippen LogP contribution in [0.25, 0.3) is 0 Å². The summed E-state index contributed by atoms with van der Waals surface area (Å²) in [5.41, 5.74) is 6.41. The van der Waals surface area contributed by atoms with E-state index in [1.807, 2.05) is 0 Å². The van der Waals surface area contributed by atoms with Gasteiger partial charge in [-0.3, -0.25) is 19.7 Å². The molecule has 7 nitrogen and oxygen atoms in total. The van der Waals surface area contributed by atoms with Crippen molar-refractivity contribution in [3.63, 3.8) is 0 Å². The summed E-state index contributed by atoms with van der Waals surface area (Å²) >= 11 is 0.741. The molecular formula is C20H18F2N2O5S. The van der Waals surface area contributed by atoms with E-state index < -0.39 is 40.0 Å². The second-order valence-corrected chi connectivity index (χ2v) is 7.69. The summed E-state index contributed by atoms with van der Waals surface area (Å²) in [6, 6.07) is 8.13. The number of thioether (sulfide) groups is 1. The molecule has 30 heavy (non-hydrogen) atoms. The first-order valence-corrected chi connectivity index (χ1v) is 9.75. The number of carbonyl (C=O) groups excluding carboxylic acids is 3. The Bertz CT molecular complexity index is 984. The number of imide groups is 1. The molecule has 2 aromatic carbocycles. The third-order valence-electron chi connectivity index (χ3n) is 4.41. The summed E-state index contributed by atoms with van der Waals surface area (Å²) in [5.74, 6) is -3.47. The van der Waals surface area contributed by atoms with Gasteiger partial charge >= 0.3 is 5.97 Å². The SMILES string of the molecule is COC(=O)C(N)Cc1ccc(Oc2ccc(CC3SC(=O)NC3=O)c(F)c2F)cc1. The van der Waals surface area contributed by atoms with Crippen molar-refractivity contribution in [3.05, 3.63) is 59.2 Å². The fourth-order valence-electron chi connectivity index (χ4n) is 2.84. The van der Waals surface area contributed by atoms with Gasteiger partial charge in [0, 0.05) is 0 Å². The summed E-state index contributed by atoms with van der Waals surface area (Å²) in [6.07, 6.45) is 0.125. The van der Waals surface area contributed by atoms with Crippen LogP contribution in [-0.2, 0) is 27.2 Å². The molecule has 2 unspecified atom stereocenters. The van der Waals surface area contributed by atoms with Gasteiger partial charge in [-0.1, -0.05) is 30.0 Å². The predicted octanol–water partition coefficient (Wildman–Crippen LogP) is 2.69. The van der Waals surface area contributed by atoms with Crippen LogP contribution in [0.2, 0.25) is 0 Å². The Kier molecular flexibility index (Phi) is 6.68. The van der Waals surface area contributed by atoms with Crippen LogP contribution in [0.3, 0.4) is 0 Å². The highest BCUT2D eigenvalue weighted by molar-refractivity contribution is 8.15. The lowest BCUT2D eigenvalue weighted by molar-refractivity contribution is -0.142. The maximum Gasteiger partial charge on any atom is 0.322 e. The normalized spacial score (nSPS) is 16.9. The molecule has 158 valence electrons. The van der Waals surface area contributed by atoms with Gasteiger partial charge in [0.2, 0.25) is 11.7 Å². The zero-order valence-corrected chi connectivity index (χ0v) is 16.6. The molecule has 1 heterocycles. The molecule has 1 aliphatic heterocycles. The van der Waals surface area contributed by atoms with Gasteiger partial charge in [-0.15, -0.1) is 0 Å². The highest BCUT2D eigenvalue weighted by Gasteiger charge is 2.32. The molecule has 0 aromatic heterocycles. The van der Waals surface area contributed by atoms with Crippen LogP contribution in [0.15, 0.2) is 36.4 Å². The molecule has 1 aliphatic rings. The van der Waals surface area contributed by atoms with Crippen LogP contribution in [0.4, 0.5) is 13.6 Å². The van der Waals surface area contributed by atoms with Gasteiger partial charge in [-0.05, 0) is 42.2 Å². The van der Waals surface area contributed by atoms with Gasteiger partial charge in [-0.25, -0.2) is 4.39 Å². The highest BCUT2D eigenvalue weighted by atomic mass is 32.2. The number of nitrogens with one attached hydrogen (secondary N) is 1. The largest absolute Gasteiger partial charge is 0.468 e. The molecular weight excluding hydrogens is 418 g/mol. The Morgan fingerprint density at radius 1 is 1.17 bits per heavy atom. The summed E-state index contributed by atoms with van der Waals surface area (Å²) in [6.45, 7) is 0. The number of carbonyl (C=O) groups is 3. The quantitative estimate of drug-likeness (QED) is 0.643. The predicted molar refractivity (Wildman–Crippen MR) is 105 cm³/mol. The molecule has 3 N–H and O–H groups in total. The minimum absolute atomic E-state index is 0.0330. The molecule has 2 atom stereocenters. The third kappa shape index (κ3) is 4.95. The topological polar surface area (TPSA) is 108 Å². The molecule has 2 aromatic rings. The molecule has 1 saturated heterocycles. The number of amides is 2. The van der Waals surface area contributed by atoms with Crippen molar-refractivity contribution >= 4 is 28.9 Å². The third-order valence-corrected chi connectivity index (χ3v) is 5.39. The van der Waals surface area contributed by atoms with Gasteiger partial charge in [0.25, 0.3) is 5.24 Å². The number of methoxy groups -OCH3 is 1. The first kappa shape index (κ1) is 21.7. The van der Waals surface area contributed by atoms with Crippen LogP contribution in [-0.4, -0.2) is 35.5 Å². The van der Waals surface area contributed by atoms with Crippen molar-refractivity contribution < 1.29 is 32.6 Å². The first-order valence-electron chi connectivity index (χ1n) is 8.87. The molecule has 1 fully saturated rings. The summed E-state index contributed by atoms with van der Waals surface area (Å²) in [5, 5.41) is 0.786. The monoisotopic (exact) mass is 436 g/mol. The van der Waals surface area contributed by atoms with Crippen LogP contribution in [0.1, 0.15) is 11.1 Å². The van der Waals surface area contributed by atoms with Gasteiger partial charge in [0.1, 0.15) is 11.8 Å². The Morgan fingerprint density at radius 3 is 2.47 bits per heavy atom. The second-order valence-electron chi connectivity index (χ2n) is 6.52. The molecule has 0 radical (unpaired) electrons. The number of esters is 1. The van der Waals surface area contributed by atoms with Gasteiger partial charge in [-0.2, -0.15) is 4.39 Å². The van der Waals surface area contributed by atoms with Crippen LogP contribution < -0.4 is 15.8 Å². The molecule has 0 aliphatic carbocycles. The number of nitrogens with two attached hydrogens (primary N) is 1. The van der Waals surface area contributed by atoms with E-state index in [9.17, 15) is 23.2 Å². The van der Waals surface area contributed by atoms with E-state index in [0.29, 0.717) is 0 Å². The van der Waals surface area contributed by atoms with E-state index in [2.05, 4.69) is 10.1 Å². The van der Waals surface area contributed by atoms with Gasteiger partial charge in [0.05, 0.1) is 12.4 Å². The summed E-state index contributed by atoms with van der Waals surface area (Å²) < 4.78 is 38.8. The fraction of sp³-hybridized carbons (Fsp3) is 0.250. The van der Waals surface area contributed by atoms with Gasteiger partial charge < -0.3 is 15.2 Å². The summed E-state index contributed by atoms with van der Waals surface area (Å²) in [4.78, 5) is 34.2. The lowest BCUT2D eigenvalue weighted by atomic mass is 10.1. The highest BCUT2D eigenvalue weighted by Crippen LogP contribution is 2.30. The Labute approximate surface area is 174 Å². The van der Waals surface area contributed by atoms with Crippen molar-refractivity contribution in [1.82, 2.24) is 5.32 Å². The van der Waals surface area contributed by atoms with E-state index in [0.717, 1.165) is 17.3 Å². The van der Waals surface area contributed by atoms with E-state index in [4.69, 9.17) is 10.5 Å². The molecule has 10 heteroatoms. The average molecular weight is 436 g/mol. The van der Waals surface area contributed by atoms with E-state index in [-0.39, 0.29) is 29.9 Å². The van der Waals surface area contributed by atoms with Crippen LogP contribution >= 0.6 is 11.8 Å².